The number of hydrogen-bond acceptors (Lipinski definition) is 7. The lowest BCUT2D eigenvalue weighted by molar-refractivity contribution is -0.141. The monoisotopic (exact) mass is 452 g/mol. The van der Waals surface area contributed by atoms with Crippen LogP contribution in [0.25, 0.3) is 11.0 Å². The summed E-state index contributed by atoms with van der Waals surface area (Å²) in [6.07, 6.45) is 2.09. The van der Waals surface area contributed by atoms with E-state index in [0.717, 1.165) is 24.2 Å². The number of carbonyl (C=O) groups excluding carboxylic acids is 2. The number of esters is 1. The Labute approximate surface area is 192 Å². The van der Waals surface area contributed by atoms with Gasteiger partial charge < -0.3 is 19.5 Å². The number of pyridine rings is 1. The summed E-state index contributed by atoms with van der Waals surface area (Å²) in [5.74, 6) is 0.688. The van der Waals surface area contributed by atoms with Gasteiger partial charge in [-0.1, -0.05) is 6.07 Å². The van der Waals surface area contributed by atoms with E-state index in [9.17, 15) is 9.59 Å². The number of fused-ring (bicyclic) bond motifs is 1. The first-order valence-corrected chi connectivity index (χ1v) is 10.8. The maximum atomic E-state index is 13.6. The number of carbonyl (C=O) groups is 2. The molecular formula is C24H28N4O5. The lowest BCUT2D eigenvalue weighted by atomic mass is 10.0. The molecule has 1 unspecified atom stereocenters. The van der Waals surface area contributed by atoms with Gasteiger partial charge in [-0.15, -0.1) is 0 Å². The lowest BCUT2D eigenvalue weighted by Gasteiger charge is -2.20. The number of methoxy groups -OCH3 is 3. The molecule has 0 saturated heterocycles. The van der Waals surface area contributed by atoms with E-state index in [1.165, 1.54) is 14.2 Å². The molecule has 9 heteroatoms. The van der Waals surface area contributed by atoms with Crippen LogP contribution in [0.1, 0.15) is 58.5 Å². The molecule has 33 heavy (non-hydrogen) atoms. The molecule has 1 N–H and O–H groups in total. The molecule has 1 aromatic carbocycles. The first-order chi connectivity index (χ1) is 15.9. The van der Waals surface area contributed by atoms with Crippen LogP contribution in [0.15, 0.2) is 24.3 Å². The minimum absolute atomic E-state index is 0.0343. The van der Waals surface area contributed by atoms with E-state index in [2.05, 4.69) is 10.4 Å². The van der Waals surface area contributed by atoms with Gasteiger partial charge in [-0.3, -0.25) is 14.3 Å². The van der Waals surface area contributed by atoms with Crippen LogP contribution in [0.4, 0.5) is 0 Å². The molecule has 1 fully saturated rings. The Morgan fingerprint density at radius 3 is 2.52 bits per heavy atom. The van der Waals surface area contributed by atoms with Crippen LogP contribution in [-0.2, 0) is 16.6 Å². The molecule has 1 amide bonds. The van der Waals surface area contributed by atoms with Gasteiger partial charge in [0.2, 0.25) is 0 Å². The van der Waals surface area contributed by atoms with Crippen LogP contribution in [0.5, 0.6) is 11.5 Å². The number of amides is 1. The van der Waals surface area contributed by atoms with E-state index >= 15 is 0 Å². The van der Waals surface area contributed by atoms with Gasteiger partial charge in [0.25, 0.3) is 5.91 Å². The maximum Gasteiger partial charge on any atom is 0.307 e. The van der Waals surface area contributed by atoms with Crippen molar-refractivity contribution in [3.05, 3.63) is 46.8 Å². The van der Waals surface area contributed by atoms with E-state index in [1.807, 2.05) is 20.0 Å². The number of nitrogens with one attached hydrogen (secondary N) is 1. The highest BCUT2D eigenvalue weighted by molar-refractivity contribution is 6.06. The highest BCUT2D eigenvalue weighted by atomic mass is 16.5. The van der Waals surface area contributed by atoms with Crippen molar-refractivity contribution in [2.45, 2.75) is 38.1 Å². The third-order valence-corrected chi connectivity index (χ3v) is 5.94. The fourth-order valence-corrected chi connectivity index (χ4v) is 4.04. The summed E-state index contributed by atoms with van der Waals surface area (Å²) in [4.78, 5) is 30.5. The lowest BCUT2D eigenvalue weighted by Crippen LogP contribution is -2.31. The van der Waals surface area contributed by atoms with Crippen molar-refractivity contribution in [1.29, 1.82) is 0 Å². The van der Waals surface area contributed by atoms with Crippen molar-refractivity contribution in [2.75, 3.05) is 21.3 Å². The molecule has 0 spiro atoms. The Balaban J connectivity index is 1.73. The summed E-state index contributed by atoms with van der Waals surface area (Å²) in [6.45, 7) is 1.86. The molecule has 4 rings (SSSR count). The molecule has 1 aliphatic rings. The predicted molar refractivity (Wildman–Crippen MR) is 122 cm³/mol. The van der Waals surface area contributed by atoms with Crippen LogP contribution in [0.3, 0.4) is 0 Å². The van der Waals surface area contributed by atoms with Crippen LogP contribution in [0, 0.1) is 6.92 Å². The number of benzene rings is 1. The summed E-state index contributed by atoms with van der Waals surface area (Å²) < 4.78 is 17.3. The number of aromatic nitrogens is 3. The second-order valence-electron chi connectivity index (χ2n) is 8.20. The zero-order valence-electron chi connectivity index (χ0n) is 19.5. The van der Waals surface area contributed by atoms with Crippen LogP contribution in [-0.4, -0.2) is 48.0 Å². The molecular weight excluding hydrogens is 424 g/mol. The largest absolute Gasteiger partial charge is 0.493 e. The van der Waals surface area contributed by atoms with Gasteiger partial charge in [0.15, 0.2) is 17.1 Å². The summed E-state index contributed by atoms with van der Waals surface area (Å²) in [6, 6.07) is 6.51. The van der Waals surface area contributed by atoms with Crippen molar-refractivity contribution < 1.29 is 23.8 Å². The average Bonchev–Trinajstić information content (AvgIpc) is 3.63. The van der Waals surface area contributed by atoms with E-state index in [4.69, 9.17) is 19.2 Å². The second-order valence-corrected chi connectivity index (χ2v) is 8.20. The van der Waals surface area contributed by atoms with Crippen molar-refractivity contribution in [2.24, 2.45) is 7.05 Å². The Kier molecular flexibility index (Phi) is 6.22. The molecule has 174 valence electrons. The highest BCUT2D eigenvalue weighted by Gasteiger charge is 2.29. The Bertz CT molecular complexity index is 1220. The van der Waals surface area contributed by atoms with Gasteiger partial charge in [0.05, 0.1) is 50.4 Å². The average molecular weight is 453 g/mol. The fraction of sp³-hybridized carbons (Fsp3) is 0.417. The third kappa shape index (κ3) is 4.48. The van der Waals surface area contributed by atoms with Gasteiger partial charge >= 0.3 is 5.97 Å². The van der Waals surface area contributed by atoms with Crippen LogP contribution < -0.4 is 14.8 Å². The summed E-state index contributed by atoms with van der Waals surface area (Å²) >= 11 is 0. The van der Waals surface area contributed by atoms with E-state index in [-0.39, 0.29) is 12.3 Å². The highest BCUT2D eigenvalue weighted by Crippen LogP contribution is 2.40. The number of ether oxygens (including phenoxy) is 3. The molecule has 0 radical (unpaired) electrons. The zero-order valence-corrected chi connectivity index (χ0v) is 19.5. The van der Waals surface area contributed by atoms with Gasteiger partial charge in [-0.25, -0.2) is 4.98 Å². The summed E-state index contributed by atoms with van der Waals surface area (Å²) in [5.41, 5.74) is 3.50. The van der Waals surface area contributed by atoms with Crippen LogP contribution in [0.2, 0.25) is 0 Å². The Morgan fingerprint density at radius 1 is 1.15 bits per heavy atom. The smallest absolute Gasteiger partial charge is 0.307 e. The van der Waals surface area contributed by atoms with Gasteiger partial charge in [-0.2, -0.15) is 5.10 Å². The van der Waals surface area contributed by atoms with Crippen LogP contribution >= 0.6 is 0 Å². The van der Waals surface area contributed by atoms with Gasteiger partial charge in [0.1, 0.15) is 0 Å². The van der Waals surface area contributed by atoms with E-state index in [0.29, 0.717) is 39.6 Å². The second kappa shape index (κ2) is 9.09. The SMILES string of the molecule is COC(=O)CC(NC(=O)c1cc(C2CC2)nc2c1c(C)nn2C)c1ccc(OC)c(OC)c1. The molecule has 1 saturated carbocycles. The van der Waals surface area contributed by atoms with Gasteiger partial charge in [-0.05, 0) is 43.5 Å². The first kappa shape index (κ1) is 22.6. The number of nitrogens with zero attached hydrogens (tertiary/aromatic N) is 3. The van der Waals surface area contributed by atoms with Crippen molar-refractivity contribution in [3.8, 4) is 11.5 Å². The number of aryl methyl sites for hydroxylation is 2. The molecule has 9 nitrogen and oxygen atoms in total. The summed E-state index contributed by atoms with van der Waals surface area (Å²) in [5, 5.41) is 8.19. The Morgan fingerprint density at radius 2 is 1.88 bits per heavy atom. The molecule has 0 aliphatic heterocycles. The maximum absolute atomic E-state index is 13.6. The third-order valence-electron chi connectivity index (χ3n) is 5.94. The van der Waals surface area contributed by atoms with E-state index < -0.39 is 12.0 Å². The molecule has 3 aromatic rings. The standard InChI is InChI=1S/C24H28N4O5/c1-13-22-16(11-17(14-6-7-14)25-23(22)28(2)27-13)24(30)26-18(12-21(29)33-5)15-8-9-19(31-3)20(10-15)32-4/h8-11,14,18H,6-7,12H2,1-5H3,(H,26,30). The number of hydrogen-bond donors (Lipinski definition) is 1. The quantitative estimate of drug-likeness (QED) is 0.523. The number of rotatable bonds is 8. The van der Waals surface area contributed by atoms with Gasteiger partial charge in [0, 0.05) is 18.7 Å². The minimum Gasteiger partial charge on any atom is -0.493 e. The summed E-state index contributed by atoms with van der Waals surface area (Å²) in [7, 11) is 6.23. The predicted octanol–water partition coefficient (Wildman–Crippen LogP) is 3.21. The topological polar surface area (TPSA) is 105 Å². The molecule has 1 atom stereocenters. The van der Waals surface area contributed by atoms with Crippen molar-refractivity contribution in [3.63, 3.8) is 0 Å². The molecule has 2 aromatic heterocycles. The molecule has 2 heterocycles. The zero-order chi connectivity index (χ0) is 23.7. The fourth-order valence-electron chi connectivity index (χ4n) is 4.04. The molecule has 1 aliphatic carbocycles. The first-order valence-electron chi connectivity index (χ1n) is 10.8. The minimum atomic E-state index is -0.630. The van der Waals surface area contributed by atoms with E-state index in [1.54, 1.807) is 30.0 Å². The van der Waals surface area contributed by atoms with Crippen molar-refractivity contribution in [1.82, 2.24) is 20.1 Å². The Hall–Kier alpha value is -3.62. The van der Waals surface area contributed by atoms with Crippen molar-refractivity contribution >= 4 is 22.9 Å². The molecule has 0 bridgehead atoms. The normalized spacial score (nSPS) is 14.1.